The molecule has 0 radical (unpaired) electrons. The molecule has 1 heterocycles. The molecule has 1 aromatic rings. The quantitative estimate of drug-likeness (QED) is 0.730. The number of halogens is 1. The lowest BCUT2D eigenvalue weighted by Gasteiger charge is -2.20. The van der Waals surface area contributed by atoms with E-state index in [4.69, 9.17) is 4.74 Å². The minimum Gasteiger partial charge on any atom is -0.376 e. The van der Waals surface area contributed by atoms with Crippen molar-refractivity contribution in [3.63, 3.8) is 0 Å². The molecule has 0 saturated carbocycles. The van der Waals surface area contributed by atoms with Gasteiger partial charge in [0.2, 0.25) is 5.91 Å². The van der Waals surface area contributed by atoms with E-state index in [-0.39, 0.29) is 30.6 Å². The van der Waals surface area contributed by atoms with E-state index in [0.717, 1.165) is 35.2 Å². The fraction of sp³-hybridized carbons (Fsp3) is 0.500. The van der Waals surface area contributed by atoms with Gasteiger partial charge in [-0.1, -0.05) is 15.9 Å². The van der Waals surface area contributed by atoms with Crippen LogP contribution in [0.15, 0.2) is 22.7 Å². The van der Waals surface area contributed by atoms with Crippen molar-refractivity contribution in [2.75, 3.05) is 18.5 Å². The Morgan fingerprint density at radius 3 is 2.87 bits per heavy atom. The predicted molar refractivity (Wildman–Crippen MR) is 92.5 cm³/mol. The van der Waals surface area contributed by atoms with Crippen molar-refractivity contribution in [1.29, 1.82) is 0 Å². The third-order valence-corrected chi connectivity index (χ3v) is 4.25. The van der Waals surface area contributed by atoms with Crippen LogP contribution in [-0.4, -0.2) is 37.2 Å². The SMILES string of the molecule is Cc1cc(Br)ccc1NC(=O)CNC(=O)N[C@H](C)[C@H]1CCCO1. The first kappa shape index (κ1) is 17.7. The van der Waals surface area contributed by atoms with Gasteiger partial charge in [0.05, 0.1) is 18.7 Å². The minimum absolute atomic E-state index is 0.0555. The second-order valence-corrected chi connectivity index (χ2v) is 6.59. The van der Waals surface area contributed by atoms with Crippen molar-refractivity contribution in [2.45, 2.75) is 38.8 Å². The lowest BCUT2D eigenvalue weighted by atomic mass is 10.1. The van der Waals surface area contributed by atoms with E-state index >= 15 is 0 Å². The minimum atomic E-state index is -0.365. The standard InChI is InChI=1S/C16H22BrN3O3/c1-10-8-12(17)5-6-13(10)20-15(21)9-18-16(22)19-11(2)14-4-3-7-23-14/h5-6,8,11,14H,3-4,7,9H2,1-2H3,(H,20,21)(H2,18,19,22)/t11-,14-/m1/s1. The summed E-state index contributed by atoms with van der Waals surface area (Å²) in [4.78, 5) is 23.7. The van der Waals surface area contributed by atoms with E-state index in [0.29, 0.717) is 0 Å². The van der Waals surface area contributed by atoms with Gasteiger partial charge >= 0.3 is 6.03 Å². The normalized spacial score (nSPS) is 18.3. The van der Waals surface area contributed by atoms with Crippen LogP contribution in [0, 0.1) is 6.92 Å². The molecule has 0 aliphatic carbocycles. The van der Waals surface area contributed by atoms with E-state index in [1.54, 1.807) is 0 Å². The summed E-state index contributed by atoms with van der Waals surface area (Å²) in [6.07, 6.45) is 2.03. The molecule has 3 N–H and O–H groups in total. The molecule has 0 spiro atoms. The van der Waals surface area contributed by atoms with Crippen molar-refractivity contribution in [1.82, 2.24) is 10.6 Å². The molecule has 1 aliphatic rings. The summed E-state index contributed by atoms with van der Waals surface area (Å²) in [5.74, 6) is -0.268. The largest absolute Gasteiger partial charge is 0.376 e. The van der Waals surface area contributed by atoms with E-state index < -0.39 is 0 Å². The predicted octanol–water partition coefficient (Wildman–Crippen LogP) is 2.56. The maximum absolute atomic E-state index is 11.9. The number of rotatable bonds is 5. The molecule has 0 bridgehead atoms. The molecule has 3 amide bonds. The van der Waals surface area contributed by atoms with Crippen molar-refractivity contribution in [3.05, 3.63) is 28.2 Å². The molecule has 6 nitrogen and oxygen atoms in total. The lowest BCUT2D eigenvalue weighted by Crippen LogP contribution is -2.47. The van der Waals surface area contributed by atoms with Crippen LogP contribution in [0.2, 0.25) is 0 Å². The second-order valence-electron chi connectivity index (χ2n) is 5.67. The van der Waals surface area contributed by atoms with E-state index in [9.17, 15) is 9.59 Å². The average Bonchev–Trinajstić information content (AvgIpc) is 3.02. The van der Waals surface area contributed by atoms with Gasteiger partial charge < -0.3 is 20.7 Å². The zero-order chi connectivity index (χ0) is 16.8. The summed E-state index contributed by atoms with van der Waals surface area (Å²) < 4.78 is 6.47. The molecule has 126 valence electrons. The van der Waals surface area contributed by atoms with E-state index in [1.165, 1.54) is 0 Å². The number of aryl methyl sites for hydroxylation is 1. The number of nitrogens with one attached hydrogen (secondary N) is 3. The number of carbonyl (C=O) groups excluding carboxylic acids is 2. The molecule has 0 aromatic heterocycles. The highest BCUT2D eigenvalue weighted by atomic mass is 79.9. The van der Waals surface area contributed by atoms with Gasteiger partial charge in [0, 0.05) is 16.8 Å². The van der Waals surface area contributed by atoms with E-state index in [2.05, 4.69) is 31.9 Å². The van der Waals surface area contributed by atoms with E-state index in [1.807, 2.05) is 32.0 Å². The summed E-state index contributed by atoms with van der Waals surface area (Å²) >= 11 is 3.37. The Kier molecular flexibility index (Phi) is 6.41. The Morgan fingerprint density at radius 1 is 1.43 bits per heavy atom. The van der Waals surface area contributed by atoms with Crippen LogP contribution < -0.4 is 16.0 Å². The summed E-state index contributed by atoms with van der Waals surface area (Å²) in [6.45, 7) is 4.47. The molecule has 0 unspecified atom stereocenters. The van der Waals surface area contributed by atoms with Gasteiger partial charge in [0.1, 0.15) is 0 Å². The highest BCUT2D eigenvalue weighted by Gasteiger charge is 2.23. The Balaban J connectivity index is 1.74. The molecule has 1 aliphatic heterocycles. The van der Waals surface area contributed by atoms with Gasteiger partial charge in [-0.15, -0.1) is 0 Å². The summed E-state index contributed by atoms with van der Waals surface area (Å²) in [5.41, 5.74) is 1.68. The smallest absolute Gasteiger partial charge is 0.315 e. The molecule has 1 saturated heterocycles. The average molecular weight is 384 g/mol. The maximum atomic E-state index is 11.9. The van der Waals surface area contributed by atoms with Crippen LogP contribution in [0.4, 0.5) is 10.5 Å². The first-order chi connectivity index (χ1) is 11.0. The van der Waals surface area contributed by atoms with Gasteiger partial charge in [-0.3, -0.25) is 4.79 Å². The molecule has 1 fully saturated rings. The zero-order valence-electron chi connectivity index (χ0n) is 13.3. The first-order valence-corrected chi connectivity index (χ1v) is 8.47. The molecular weight excluding hydrogens is 362 g/mol. The Morgan fingerprint density at radius 2 is 2.22 bits per heavy atom. The Hall–Kier alpha value is -1.60. The monoisotopic (exact) mass is 383 g/mol. The van der Waals surface area contributed by atoms with Gasteiger partial charge in [-0.2, -0.15) is 0 Å². The molecule has 23 heavy (non-hydrogen) atoms. The number of hydrogen-bond donors (Lipinski definition) is 3. The Bertz CT molecular complexity index is 574. The molecular formula is C16H22BrN3O3. The summed E-state index contributed by atoms with van der Waals surface area (Å²) in [6, 6.07) is 5.15. The number of carbonyl (C=O) groups is 2. The summed E-state index contributed by atoms with van der Waals surface area (Å²) in [7, 11) is 0. The van der Waals surface area contributed by atoms with Gasteiger partial charge in [0.15, 0.2) is 0 Å². The second kappa shape index (κ2) is 8.31. The van der Waals surface area contributed by atoms with Crippen LogP contribution in [0.1, 0.15) is 25.3 Å². The highest BCUT2D eigenvalue weighted by molar-refractivity contribution is 9.10. The van der Waals surface area contributed by atoms with Gasteiger partial charge in [0.25, 0.3) is 0 Å². The van der Waals surface area contributed by atoms with Crippen LogP contribution in [0.5, 0.6) is 0 Å². The van der Waals surface area contributed by atoms with Crippen molar-refractivity contribution >= 4 is 33.6 Å². The van der Waals surface area contributed by atoms with Gasteiger partial charge in [-0.25, -0.2) is 4.79 Å². The van der Waals surface area contributed by atoms with Crippen LogP contribution >= 0.6 is 15.9 Å². The molecule has 2 atom stereocenters. The van der Waals surface area contributed by atoms with Crippen molar-refractivity contribution in [3.8, 4) is 0 Å². The molecule has 7 heteroatoms. The first-order valence-electron chi connectivity index (χ1n) is 7.67. The number of ether oxygens (including phenoxy) is 1. The molecule has 2 rings (SSSR count). The van der Waals surface area contributed by atoms with Crippen molar-refractivity contribution < 1.29 is 14.3 Å². The fourth-order valence-corrected chi connectivity index (χ4v) is 2.95. The fourth-order valence-electron chi connectivity index (χ4n) is 2.47. The summed E-state index contributed by atoms with van der Waals surface area (Å²) in [5, 5.41) is 8.13. The zero-order valence-corrected chi connectivity index (χ0v) is 14.9. The third kappa shape index (κ3) is 5.51. The van der Waals surface area contributed by atoms with Crippen LogP contribution in [0.25, 0.3) is 0 Å². The number of hydrogen-bond acceptors (Lipinski definition) is 3. The van der Waals surface area contributed by atoms with Crippen molar-refractivity contribution in [2.24, 2.45) is 0 Å². The van der Waals surface area contributed by atoms with Crippen LogP contribution in [0.3, 0.4) is 0 Å². The highest BCUT2D eigenvalue weighted by Crippen LogP contribution is 2.19. The number of benzene rings is 1. The topological polar surface area (TPSA) is 79.5 Å². The number of anilines is 1. The molecule has 1 aromatic carbocycles. The third-order valence-electron chi connectivity index (χ3n) is 3.75. The van der Waals surface area contributed by atoms with Crippen LogP contribution in [-0.2, 0) is 9.53 Å². The number of amides is 3. The maximum Gasteiger partial charge on any atom is 0.315 e. The lowest BCUT2D eigenvalue weighted by molar-refractivity contribution is -0.115. The van der Waals surface area contributed by atoms with Gasteiger partial charge in [-0.05, 0) is 50.5 Å². The Labute approximate surface area is 144 Å². The number of urea groups is 1.